The van der Waals surface area contributed by atoms with Crippen LogP contribution in [-0.2, 0) is 10.4 Å². The van der Waals surface area contributed by atoms with E-state index in [-0.39, 0.29) is 5.04 Å². The summed E-state index contributed by atoms with van der Waals surface area (Å²) < 4.78 is 10.2. The first-order valence-electron chi connectivity index (χ1n) is 2.19. The Hall–Kier alpha value is -0.190. The smallest absolute Gasteiger partial charge is 0.258 e. The summed E-state index contributed by atoms with van der Waals surface area (Å²) in [6, 6.07) is 0. The van der Waals surface area contributed by atoms with Crippen LogP contribution in [0.4, 0.5) is 0 Å². The average molecular weight is 167 g/mol. The van der Waals surface area contributed by atoms with Crippen LogP contribution in [0.1, 0.15) is 0 Å². The van der Waals surface area contributed by atoms with Crippen molar-refractivity contribution in [1.82, 2.24) is 5.32 Å². The fraction of sp³-hybridized carbons (Fsp3) is 0.250. The molecule has 0 heterocycles. The Bertz CT molecular complexity index is 126. The predicted octanol–water partition coefficient (Wildman–Crippen LogP) is 0.599. The van der Waals surface area contributed by atoms with E-state index >= 15 is 0 Å². The van der Waals surface area contributed by atoms with Crippen LogP contribution in [0.5, 0.6) is 0 Å². The molecule has 1 atom stereocenters. The van der Waals surface area contributed by atoms with E-state index in [0.29, 0.717) is 0 Å². The Kier molecular flexibility index (Phi) is 4.57. The zero-order valence-electron chi connectivity index (χ0n) is 4.85. The Morgan fingerprint density at radius 2 is 2.44 bits per heavy atom. The molecule has 0 aromatic carbocycles. The Labute approximate surface area is 61.3 Å². The lowest BCUT2D eigenvalue weighted by Gasteiger charge is -1.93. The molecule has 0 amide bonds. The molecule has 0 saturated carbocycles. The molecule has 9 heavy (non-hydrogen) atoms. The summed E-state index contributed by atoms with van der Waals surface area (Å²) in [6.07, 6.45) is 2.83. The fourth-order valence-electron chi connectivity index (χ4n) is 0.213. The summed E-state index contributed by atoms with van der Waals surface area (Å²) in [7, 11) is 5.03. The second kappa shape index (κ2) is 4.67. The molecule has 5 heteroatoms. The molecule has 0 bridgehead atoms. The quantitative estimate of drug-likeness (QED) is 0.359. The molecule has 0 fully saturated rings. The molecule has 0 aliphatic heterocycles. The normalized spacial score (nSPS) is 13.7. The molecule has 1 unspecified atom stereocenters. The zero-order chi connectivity index (χ0) is 7.28. The molecule has 0 radical (unpaired) electrons. The third kappa shape index (κ3) is 4.32. The zero-order valence-corrected chi connectivity index (χ0v) is 6.42. The summed E-state index contributed by atoms with van der Waals surface area (Å²) in [5.41, 5.74) is 0. The standard InChI is InChI=1S/C4H7ClN2OS/c1-7-3-2-4(6)9(5)8/h2-3,6-7H,1H3/b3-2-,6-4?. The van der Waals surface area contributed by atoms with Crippen molar-refractivity contribution >= 4 is 26.1 Å². The van der Waals surface area contributed by atoms with E-state index in [1.165, 1.54) is 12.3 Å². The van der Waals surface area contributed by atoms with Crippen LogP contribution in [0, 0.1) is 5.41 Å². The monoisotopic (exact) mass is 166 g/mol. The maximum absolute atomic E-state index is 10.2. The first-order chi connectivity index (χ1) is 4.18. The van der Waals surface area contributed by atoms with Gasteiger partial charge in [0, 0.05) is 19.3 Å². The molecular formula is C4H7ClN2OS. The summed E-state index contributed by atoms with van der Waals surface area (Å²) in [5, 5.41) is 9.42. The number of rotatable bonds is 2. The van der Waals surface area contributed by atoms with Crippen molar-refractivity contribution in [2.45, 2.75) is 0 Å². The van der Waals surface area contributed by atoms with Crippen LogP contribution < -0.4 is 5.32 Å². The molecule has 0 aromatic heterocycles. The first kappa shape index (κ1) is 8.81. The van der Waals surface area contributed by atoms with Gasteiger partial charge in [0.05, 0.1) is 0 Å². The minimum Gasteiger partial charge on any atom is -0.593 e. The van der Waals surface area contributed by atoms with Gasteiger partial charge in [0.25, 0.3) is 5.04 Å². The minimum atomic E-state index is -1.68. The SMILES string of the molecule is CN/C=C\C(=N)[S+]([O-])Cl. The van der Waals surface area contributed by atoms with E-state index in [4.69, 9.17) is 16.1 Å². The van der Waals surface area contributed by atoms with Gasteiger partial charge in [-0.2, -0.15) is 0 Å². The first-order valence-corrected chi connectivity index (χ1v) is 4.16. The molecule has 0 rings (SSSR count). The highest BCUT2D eigenvalue weighted by Crippen LogP contribution is 1.98. The van der Waals surface area contributed by atoms with Crippen molar-refractivity contribution in [3.05, 3.63) is 12.3 Å². The van der Waals surface area contributed by atoms with Gasteiger partial charge in [-0.05, 0) is 0 Å². The van der Waals surface area contributed by atoms with Crippen LogP contribution in [0.2, 0.25) is 0 Å². The molecule has 2 N–H and O–H groups in total. The Morgan fingerprint density at radius 1 is 1.89 bits per heavy atom. The highest BCUT2D eigenvalue weighted by Gasteiger charge is 2.05. The van der Waals surface area contributed by atoms with E-state index in [1.54, 1.807) is 7.05 Å². The predicted molar refractivity (Wildman–Crippen MR) is 39.9 cm³/mol. The lowest BCUT2D eigenvalue weighted by atomic mass is 10.6. The number of nitrogens with one attached hydrogen (secondary N) is 2. The van der Waals surface area contributed by atoms with Crippen molar-refractivity contribution in [2.75, 3.05) is 7.05 Å². The van der Waals surface area contributed by atoms with Gasteiger partial charge >= 0.3 is 0 Å². The summed E-state index contributed by atoms with van der Waals surface area (Å²) in [4.78, 5) is 0. The minimum absolute atomic E-state index is 0.106. The van der Waals surface area contributed by atoms with Gasteiger partial charge in [-0.1, -0.05) is 0 Å². The largest absolute Gasteiger partial charge is 0.593 e. The Balaban J connectivity index is 3.63. The van der Waals surface area contributed by atoms with Crippen LogP contribution in [0.3, 0.4) is 0 Å². The van der Waals surface area contributed by atoms with Crippen molar-refractivity contribution in [1.29, 1.82) is 5.41 Å². The lowest BCUT2D eigenvalue weighted by Crippen LogP contribution is -2.04. The maximum Gasteiger partial charge on any atom is 0.258 e. The van der Waals surface area contributed by atoms with Crippen LogP contribution in [-0.4, -0.2) is 16.6 Å². The van der Waals surface area contributed by atoms with E-state index in [1.807, 2.05) is 0 Å². The third-order valence-electron chi connectivity index (χ3n) is 0.574. The molecular weight excluding hydrogens is 160 g/mol. The average Bonchev–Trinajstić information content (AvgIpc) is 1.82. The maximum atomic E-state index is 10.2. The number of hydrogen-bond donors (Lipinski definition) is 2. The van der Waals surface area contributed by atoms with Crippen LogP contribution in [0.25, 0.3) is 0 Å². The molecule has 0 saturated heterocycles. The van der Waals surface area contributed by atoms with Crippen molar-refractivity contribution in [3.8, 4) is 0 Å². The van der Waals surface area contributed by atoms with Gasteiger partial charge in [0.1, 0.15) is 10.4 Å². The van der Waals surface area contributed by atoms with Crippen molar-refractivity contribution in [3.63, 3.8) is 0 Å². The van der Waals surface area contributed by atoms with Gasteiger partial charge in [-0.3, -0.25) is 5.41 Å². The number of hydrogen-bond acceptors (Lipinski definition) is 3. The molecule has 0 aliphatic carbocycles. The second-order valence-electron chi connectivity index (χ2n) is 1.21. The highest BCUT2D eigenvalue weighted by atomic mass is 35.7. The summed E-state index contributed by atoms with van der Waals surface area (Å²) >= 11 is 0. The van der Waals surface area contributed by atoms with E-state index < -0.39 is 10.4 Å². The number of halogens is 1. The van der Waals surface area contributed by atoms with Gasteiger partial charge in [0.15, 0.2) is 10.7 Å². The molecule has 0 aromatic rings. The Morgan fingerprint density at radius 3 is 2.78 bits per heavy atom. The van der Waals surface area contributed by atoms with E-state index in [2.05, 4.69) is 5.32 Å². The lowest BCUT2D eigenvalue weighted by molar-refractivity contribution is 0.618. The van der Waals surface area contributed by atoms with Gasteiger partial charge in [-0.15, -0.1) is 0 Å². The fourth-order valence-corrected chi connectivity index (χ4v) is 0.542. The molecule has 0 spiro atoms. The third-order valence-corrected chi connectivity index (χ3v) is 1.55. The van der Waals surface area contributed by atoms with E-state index in [0.717, 1.165) is 0 Å². The molecule has 3 nitrogen and oxygen atoms in total. The van der Waals surface area contributed by atoms with E-state index in [9.17, 15) is 4.55 Å². The highest BCUT2D eigenvalue weighted by molar-refractivity contribution is 8.25. The molecule has 0 aliphatic rings. The second-order valence-corrected chi connectivity index (χ2v) is 2.94. The van der Waals surface area contributed by atoms with Gasteiger partial charge < -0.3 is 9.87 Å². The van der Waals surface area contributed by atoms with Crippen molar-refractivity contribution in [2.24, 2.45) is 0 Å². The molecule has 52 valence electrons. The van der Waals surface area contributed by atoms with Gasteiger partial charge in [0.2, 0.25) is 0 Å². The summed E-state index contributed by atoms with van der Waals surface area (Å²) in [5.74, 6) is 0. The van der Waals surface area contributed by atoms with Gasteiger partial charge in [-0.25, -0.2) is 0 Å². The van der Waals surface area contributed by atoms with Crippen LogP contribution >= 0.6 is 10.7 Å². The summed E-state index contributed by atoms with van der Waals surface area (Å²) in [6.45, 7) is 0. The topological polar surface area (TPSA) is 58.9 Å². The van der Waals surface area contributed by atoms with Crippen molar-refractivity contribution < 1.29 is 4.55 Å². The van der Waals surface area contributed by atoms with Crippen LogP contribution in [0.15, 0.2) is 12.3 Å².